The van der Waals surface area contributed by atoms with Crippen LogP contribution in [0.4, 0.5) is 0 Å². The molecule has 1 N–H and O–H groups in total. The molecule has 1 aromatic rings. The molecule has 0 unspecified atom stereocenters. The van der Waals surface area contributed by atoms with E-state index < -0.39 is 0 Å². The predicted octanol–water partition coefficient (Wildman–Crippen LogP) is 2.68. The molecule has 4 nitrogen and oxygen atoms in total. The predicted molar refractivity (Wildman–Crippen MR) is 86.4 cm³/mol. The van der Waals surface area contributed by atoms with Crippen molar-refractivity contribution in [2.75, 3.05) is 27.2 Å². The molecule has 1 aromatic carbocycles. The van der Waals surface area contributed by atoms with Gasteiger partial charge in [-0.25, -0.2) is 0 Å². The third-order valence-electron chi connectivity index (χ3n) is 3.22. The quantitative estimate of drug-likeness (QED) is 0.840. The second kappa shape index (κ2) is 8.03. The van der Waals surface area contributed by atoms with E-state index in [1.165, 1.54) is 5.56 Å². The topological polar surface area (TPSA) is 41.6 Å². The van der Waals surface area contributed by atoms with Gasteiger partial charge in [-0.1, -0.05) is 32.9 Å². The summed E-state index contributed by atoms with van der Waals surface area (Å²) >= 11 is 0. The Morgan fingerprint density at radius 2 is 1.86 bits per heavy atom. The highest BCUT2D eigenvalue weighted by Crippen LogP contribution is 2.17. The lowest BCUT2D eigenvalue weighted by molar-refractivity contribution is -0.122. The monoisotopic (exact) mass is 292 g/mol. The minimum atomic E-state index is 0.0789. The Bertz CT molecular complexity index is 435. The Labute approximate surface area is 128 Å². The summed E-state index contributed by atoms with van der Waals surface area (Å²) in [6, 6.07) is 7.92. The third-order valence-corrected chi connectivity index (χ3v) is 3.22. The Balaban J connectivity index is 2.31. The summed E-state index contributed by atoms with van der Waals surface area (Å²) in [6.07, 6.45) is 0.987. The lowest BCUT2D eigenvalue weighted by Crippen LogP contribution is -2.36. The van der Waals surface area contributed by atoms with Gasteiger partial charge in [0.15, 0.2) is 0 Å². The van der Waals surface area contributed by atoms with Crippen LogP contribution < -0.4 is 10.1 Å². The van der Waals surface area contributed by atoms with Crippen LogP contribution in [0, 0.1) is 5.41 Å². The maximum Gasteiger partial charge on any atom is 0.234 e. The minimum Gasteiger partial charge on any atom is -0.497 e. The first-order valence-electron chi connectivity index (χ1n) is 7.38. The van der Waals surface area contributed by atoms with Crippen LogP contribution in [-0.2, 0) is 11.3 Å². The molecule has 0 bridgehead atoms. The Morgan fingerprint density at radius 3 is 2.38 bits per heavy atom. The van der Waals surface area contributed by atoms with Crippen molar-refractivity contribution in [1.82, 2.24) is 10.2 Å². The number of amides is 1. The minimum absolute atomic E-state index is 0.0789. The average Bonchev–Trinajstić information content (AvgIpc) is 2.37. The highest BCUT2D eigenvalue weighted by Gasteiger charge is 2.11. The van der Waals surface area contributed by atoms with E-state index in [0.717, 1.165) is 25.3 Å². The summed E-state index contributed by atoms with van der Waals surface area (Å²) in [4.78, 5) is 13.9. The average molecular weight is 292 g/mol. The van der Waals surface area contributed by atoms with Gasteiger partial charge in [0.05, 0.1) is 13.7 Å². The fourth-order valence-corrected chi connectivity index (χ4v) is 1.98. The van der Waals surface area contributed by atoms with Gasteiger partial charge in [-0.05, 0) is 36.6 Å². The number of nitrogens with one attached hydrogen (secondary N) is 1. The first kappa shape index (κ1) is 17.5. The number of benzene rings is 1. The first-order chi connectivity index (χ1) is 9.80. The molecule has 0 aromatic heterocycles. The van der Waals surface area contributed by atoms with Crippen molar-refractivity contribution in [2.24, 2.45) is 5.41 Å². The second-order valence-corrected chi connectivity index (χ2v) is 6.68. The molecular weight excluding hydrogens is 264 g/mol. The van der Waals surface area contributed by atoms with Crippen LogP contribution in [0.5, 0.6) is 5.75 Å². The fourth-order valence-electron chi connectivity index (χ4n) is 1.98. The van der Waals surface area contributed by atoms with Crippen LogP contribution in [0.1, 0.15) is 32.8 Å². The van der Waals surface area contributed by atoms with Gasteiger partial charge < -0.3 is 10.1 Å². The zero-order valence-corrected chi connectivity index (χ0v) is 13.9. The van der Waals surface area contributed by atoms with Crippen molar-refractivity contribution in [3.8, 4) is 5.75 Å². The molecule has 0 aliphatic carbocycles. The normalized spacial score (nSPS) is 11.5. The molecule has 21 heavy (non-hydrogen) atoms. The lowest BCUT2D eigenvalue weighted by Gasteiger charge is -2.20. The van der Waals surface area contributed by atoms with E-state index in [4.69, 9.17) is 4.74 Å². The molecule has 0 atom stereocenters. The summed E-state index contributed by atoms with van der Waals surface area (Å²) in [5.41, 5.74) is 1.42. The highest BCUT2D eigenvalue weighted by atomic mass is 16.5. The molecule has 1 amide bonds. The summed E-state index contributed by atoms with van der Waals surface area (Å²) in [6.45, 7) is 8.42. The highest BCUT2D eigenvalue weighted by molar-refractivity contribution is 5.77. The summed E-state index contributed by atoms with van der Waals surface area (Å²) < 4.78 is 5.13. The van der Waals surface area contributed by atoms with E-state index in [1.807, 2.05) is 36.2 Å². The molecule has 0 heterocycles. The third kappa shape index (κ3) is 7.71. The van der Waals surface area contributed by atoms with Gasteiger partial charge >= 0.3 is 0 Å². The number of hydrogen-bond donors (Lipinski definition) is 1. The summed E-state index contributed by atoms with van der Waals surface area (Å²) in [5.74, 6) is 0.927. The van der Waals surface area contributed by atoms with E-state index in [2.05, 4.69) is 26.1 Å². The van der Waals surface area contributed by atoms with Crippen LogP contribution in [0.15, 0.2) is 24.3 Å². The van der Waals surface area contributed by atoms with E-state index in [1.54, 1.807) is 7.11 Å². The van der Waals surface area contributed by atoms with Gasteiger partial charge in [0.25, 0.3) is 0 Å². The maximum atomic E-state index is 11.9. The molecule has 0 spiro atoms. The van der Waals surface area contributed by atoms with Crippen molar-refractivity contribution in [2.45, 2.75) is 33.7 Å². The Kier molecular flexibility index (Phi) is 6.69. The number of nitrogens with zero attached hydrogens (tertiary/aromatic N) is 1. The van der Waals surface area contributed by atoms with E-state index in [-0.39, 0.29) is 11.3 Å². The van der Waals surface area contributed by atoms with Gasteiger partial charge in [-0.15, -0.1) is 0 Å². The fraction of sp³-hybridized carbons (Fsp3) is 0.588. The van der Waals surface area contributed by atoms with Gasteiger partial charge in [0.1, 0.15) is 5.75 Å². The zero-order chi connectivity index (χ0) is 15.9. The second-order valence-electron chi connectivity index (χ2n) is 6.68. The molecule has 0 radical (unpaired) electrons. The van der Waals surface area contributed by atoms with Crippen molar-refractivity contribution in [3.63, 3.8) is 0 Å². The van der Waals surface area contributed by atoms with E-state index in [0.29, 0.717) is 6.54 Å². The number of rotatable bonds is 7. The van der Waals surface area contributed by atoms with Crippen LogP contribution in [0.3, 0.4) is 0 Å². The van der Waals surface area contributed by atoms with Crippen LogP contribution in [0.25, 0.3) is 0 Å². The van der Waals surface area contributed by atoms with Crippen molar-refractivity contribution < 1.29 is 9.53 Å². The number of carbonyl (C=O) groups excluding carboxylic acids is 1. The van der Waals surface area contributed by atoms with E-state index >= 15 is 0 Å². The van der Waals surface area contributed by atoms with Gasteiger partial charge in [-0.3, -0.25) is 9.69 Å². The molecule has 0 aliphatic heterocycles. The van der Waals surface area contributed by atoms with Crippen molar-refractivity contribution >= 4 is 5.91 Å². The van der Waals surface area contributed by atoms with Crippen molar-refractivity contribution in [1.29, 1.82) is 0 Å². The van der Waals surface area contributed by atoms with E-state index in [9.17, 15) is 4.79 Å². The van der Waals surface area contributed by atoms with Crippen molar-refractivity contribution in [3.05, 3.63) is 29.8 Å². The van der Waals surface area contributed by atoms with Gasteiger partial charge in [0.2, 0.25) is 5.91 Å². The van der Waals surface area contributed by atoms with Crippen LogP contribution >= 0.6 is 0 Å². The first-order valence-corrected chi connectivity index (χ1v) is 7.38. The molecule has 1 rings (SSSR count). The number of hydrogen-bond acceptors (Lipinski definition) is 3. The molecule has 0 fully saturated rings. The van der Waals surface area contributed by atoms with Crippen LogP contribution in [-0.4, -0.2) is 38.1 Å². The van der Waals surface area contributed by atoms with Crippen LogP contribution in [0.2, 0.25) is 0 Å². The summed E-state index contributed by atoms with van der Waals surface area (Å²) in [7, 11) is 3.61. The number of methoxy groups -OCH3 is 1. The Hall–Kier alpha value is -1.55. The molecular formula is C17H28N2O2. The molecule has 118 valence electrons. The molecule has 0 aliphatic rings. The molecule has 4 heteroatoms. The standard InChI is InChI=1S/C17H28N2O2/c1-17(2,3)10-11-18-16(20)13-19(4)12-14-6-8-15(21-5)9-7-14/h6-9H,10-13H2,1-5H3,(H,18,20). The lowest BCUT2D eigenvalue weighted by atomic mass is 9.92. The SMILES string of the molecule is COc1ccc(CN(C)CC(=O)NCCC(C)(C)C)cc1. The van der Waals surface area contributed by atoms with Gasteiger partial charge in [0, 0.05) is 13.1 Å². The molecule has 0 saturated heterocycles. The zero-order valence-electron chi connectivity index (χ0n) is 13.9. The number of carbonyl (C=O) groups is 1. The smallest absolute Gasteiger partial charge is 0.234 e. The van der Waals surface area contributed by atoms with Gasteiger partial charge in [-0.2, -0.15) is 0 Å². The maximum absolute atomic E-state index is 11.9. The number of likely N-dealkylation sites (N-methyl/N-ethyl adjacent to an activating group) is 1. The molecule has 0 saturated carbocycles. The number of ether oxygens (including phenoxy) is 1. The Morgan fingerprint density at radius 1 is 1.24 bits per heavy atom. The largest absolute Gasteiger partial charge is 0.497 e. The summed E-state index contributed by atoms with van der Waals surface area (Å²) in [5, 5.41) is 2.97.